The van der Waals surface area contributed by atoms with Crippen molar-refractivity contribution in [3.8, 4) is 0 Å². The molecular weight excluding hydrogens is 272 g/mol. The van der Waals surface area contributed by atoms with E-state index in [1.54, 1.807) is 6.92 Å². The molecule has 0 spiro atoms. The Morgan fingerprint density at radius 3 is 2.32 bits per heavy atom. The summed E-state index contributed by atoms with van der Waals surface area (Å²) in [6.07, 6.45) is 8.64. The Labute approximate surface area is 135 Å². The Morgan fingerprint density at radius 1 is 1.27 bits per heavy atom. The maximum absolute atomic E-state index is 12.4. The molecular formula is C20H32O2. The van der Waals surface area contributed by atoms with Crippen molar-refractivity contribution in [2.75, 3.05) is 0 Å². The summed E-state index contributed by atoms with van der Waals surface area (Å²) in [5.41, 5.74) is 0.844. The summed E-state index contributed by atoms with van der Waals surface area (Å²) in [4.78, 5) is 12.4. The Balaban J connectivity index is 1.92. The van der Waals surface area contributed by atoms with E-state index in [9.17, 15) is 4.79 Å². The van der Waals surface area contributed by atoms with Crippen LogP contribution in [0.4, 0.5) is 0 Å². The van der Waals surface area contributed by atoms with Gasteiger partial charge in [0.25, 0.3) is 0 Å². The van der Waals surface area contributed by atoms with E-state index < -0.39 is 0 Å². The fourth-order valence-corrected chi connectivity index (χ4v) is 5.94. The third kappa shape index (κ3) is 2.53. The van der Waals surface area contributed by atoms with Gasteiger partial charge in [-0.1, -0.05) is 33.8 Å². The highest BCUT2D eigenvalue weighted by Gasteiger charge is 2.62. The van der Waals surface area contributed by atoms with Crippen LogP contribution in [0.15, 0.2) is 12.2 Å². The normalized spacial score (nSPS) is 43.9. The number of carbonyl (C=O) groups excluding carboxylic acids is 1. The van der Waals surface area contributed by atoms with E-state index in [0.29, 0.717) is 28.7 Å². The fourth-order valence-electron chi connectivity index (χ4n) is 5.94. The lowest BCUT2D eigenvalue weighted by molar-refractivity contribution is -0.225. The standard InChI is InChI=1S/C20H32O2/c1-6-14(4)9-20(22-18(21)13(2)3)16-7-15-8-17(20)12-19(5,10-15)11-16/h14-17H,2,6-12H2,1,3-5H3. The number of hydrogen-bond acceptors (Lipinski definition) is 2. The topological polar surface area (TPSA) is 26.3 Å². The summed E-state index contributed by atoms with van der Waals surface area (Å²) < 4.78 is 6.26. The van der Waals surface area contributed by atoms with E-state index in [0.717, 1.165) is 18.8 Å². The van der Waals surface area contributed by atoms with Crippen molar-refractivity contribution in [2.45, 2.75) is 78.2 Å². The summed E-state index contributed by atoms with van der Waals surface area (Å²) in [5, 5.41) is 0. The van der Waals surface area contributed by atoms with Gasteiger partial charge in [0.1, 0.15) is 5.60 Å². The molecule has 0 aromatic heterocycles. The van der Waals surface area contributed by atoms with E-state index in [2.05, 4.69) is 27.4 Å². The summed E-state index contributed by atoms with van der Waals surface area (Å²) in [6.45, 7) is 12.6. The van der Waals surface area contributed by atoms with Crippen LogP contribution in [0.1, 0.15) is 72.6 Å². The predicted molar refractivity (Wildman–Crippen MR) is 89.4 cm³/mol. The zero-order valence-corrected chi connectivity index (χ0v) is 14.8. The second-order valence-electron chi connectivity index (χ2n) is 9.00. The van der Waals surface area contributed by atoms with Gasteiger partial charge in [-0.15, -0.1) is 0 Å². The van der Waals surface area contributed by atoms with Crippen LogP contribution in [-0.2, 0) is 9.53 Å². The maximum Gasteiger partial charge on any atom is 0.333 e. The predicted octanol–water partition coefficient (Wildman–Crippen LogP) is 5.13. The number of ether oxygens (including phenoxy) is 1. The molecule has 0 aromatic rings. The molecule has 4 saturated carbocycles. The molecule has 3 unspecified atom stereocenters. The molecule has 22 heavy (non-hydrogen) atoms. The maximum atomic E-state index is 12.4. The van der Waals surface area contributed by atoms with Gasteiger partial charge >= 0.3 is 5.97 Å². The zero-order valence-electron chi connectivity index (χ0n) is 14.8. The molecule has 4 aliphatic carbocycles. The average molecular weight is 304 g/mol. The minimum atomic E-state index is -0.206. The second kappa shape index (κ2) is 5.39. The van der Waals surface area contributed by atoms with Crippen LogP contribution in [0.5, 0.6) is 0 Å². The lowest BCUT2D eigenvalue weighted by Crippen LogP contribution is -2.62. The van der Waals surface area contributed by atoms with Crippen LogP contribution in [-0.4, -0.2) is 11.6 Å². The van der Waals surface area contributed by atoms with Crippen molar-refractivity contribution in [3.63, 3.8) is 0 Å². The molecule has 0 saturated heterocycles. The van der Waals surface area contributed by atoms with Gasteiger partial charge in [0.15, 0.2) is 0 Å². The molecule has 0 amide bonds. The lowest BCUT2D eigenvalue weighted by atomic mass is 9.44. The molecule has 124 valence electrons. The average Bonchev–Trinajstić information content (AvgIpc) is 2.42. The third-order valence-corrected chi connectivity index (χ3v) is 6.87. The van der Waals surface area contributed by atoms with E-state index >= 15 is 0 Å². The number of esters is 1. The first-order chi connectivity index (χ1) is 10.3. The lowest BCUT2D eigenvalue weighted by Gasteiger charge is -2.64. The highest BCUT2D eigenvalue weighted by atomic mass is 16.6. The van der Waals surface area contributed by atoms with Gasteiger partial charge in [0, 0.05) is 5.57 Å². The largest absolute Gasteiger partial charge is 0.455 e. The van der Waals surface area contributed by atoms with E-state index in [4.69, 9.17) is 4.74 Å². The first-order valence-corrected chi connectivity index (χ1v) is 9.17. The fraction of sp³-hybridized carbons (Fsp3) is 0.850. The molecule has 0 heterocycles. The molecule has 0 radical (unpaired) electrons. The van der Waals surface area contributed by atoms with Gasteiger partial charge in [-0.3, -0.25) is 0 Å². The minimum absolute atomic E-state index is 0.166. The smallest absolute Gasteiger partial charge is 0.333 e. The molecule has 0 N–H and O–H groups in total. The van der Waals surface area contributed by atoms with Gasteiger partial charge in [0.05, 0.1) is 0 Å². The molecule has 4 aliphatic rings. The van der Waals surface area contributed by atoms with Crippen LogP contribution in [0.3, 0.4) is 0 Å². The van der Waals surface area contributed by atoms with Gasteiger partial charge in [-0.25, -0.2) is 4.79 Å². The Bertz CT molecular complexity index is 462. The van der Waals surface area contributed by atoms with E-state index in [1.165, 1.54) is 32.1 Å². The summed E-state index contributed by atoms with van der Waals surface area (Å²) in [7, 11) is 0. The summed E-state index contributed by atoms with van der Waals surface area (Å²) >= 11 is 0. The van der Waals surface area contributed by atoms with Crippen LogP contribution in [0.25, 0.3) is 0 Å². The quantitative estimate of drug-likeness (QED) is 0.520. The van der Waals surface area contributed by atoms with Crippen molar-refractivity contribution in [1.29, 1.82) is 0 Å². The van der Waals surface area contributed by atoms with Crippen molar-refractivity contribution in [2.24, 2.45) is 29.1 Å². The Hall–Kier alpha value is -0.790. The van der Waals surface area contributed by atoms with Gasteiger partial charge in [0.2, 0.25) is 0 Å². The number of carbonyl (C=O) groups is 1. The number of hydrogen-bond donors (Lipinski definition) is 0. The van der Waals surface area contributed by atoms with E-state index in [1.807, 2.05) is 0 Å². The molecule has 0 aliphatic heterocycles. The molecule has 4 bridgehead atoms. The molecule has 2 nitrogen and oxygen atoms in total. The van der Waals surface area contributed by atoms with Crippen molar-refractivity contribution >= 4 is 5.97 Å². The molecule has 4 fully saturated rings. The van der Waals surface area contributed by atoms with Gasteiger partial charge in [-0.2, -0.15) is 0 Å². The minimum Gasteiger partial charge on any atom is -0.455 e. The monoisotopic (exact) mass is 304 g/mol. The van der Waals surface area contributed by atoms with Crippen molar-refractivity contribution in [1.82, 2.24) is 0 Å². The zero-order chi connectivity index (χ0) is 16.1. The SMILES string of the molecule is C=C(C)C(=O)OC1(CC(C)CC)C2CC3CC1CC(C)(C3)C2. The molecule has 4 rings (SSSR count). The Morgan fingerprint density at radius 2 is 1.86 bits per heavy atom. The second-order valence-corrected chi connectivity index (χ2v) is 9.00. The first-order valence-electron chi connectivity index (χ1n) is 9.17. The summed E-state index contributed by atoms with van der Waals surface area (Å²) in [5.74, 6) is 2.46. The van der Waals surface area contributed by atoms with Crippen LogP contribution < -0.4 is 0 Å². The number of rotatable bonds is 5. The molecule has 2 heteroatoms. The van der Waals surface area contributed by atoms with Crippen molar-refractivity contribution in [3.05, 3.63) is 12.2 Å². The van der Waals surface area contributed by atoms with Crippen LogP contribution in [0, 0.1) is 29.1 Å². The van der Waals surface area contributed by atoms with Crippen LogP contribution in [0.2, 0.25) is 0 Å². The highest BCUT2D eigenvalue weighted by molar-refractivity contribution is 5.87. The van der Waals surface area contributed by atoms with E-state index in [-0.39, 0.29) is 11.6 Å². The van der Waals surface area contributed by atoms with Gasteiger partial charge in [-0.05, 0) is 74.5 Å². The molecule has 0 aromatic carbocycles. The van der Waals surface area contributed by atoms with Crippen LogP contribution >= 0.6 is 0 Å². The van der Waals surface area contributed by atoms with Gasteiger partial charge < -0.3 is 4.74 Å². The van der Waals surface area contributed by atoms with Crippen molar-refractivity contribution < 1.29 is 9.53 Å². The highest BCUT2D eigenvalue weighted by Crippen LogP contribution is 2.65. The Kier molecular flexibility index (Phi) is 3.94. The summed E-state index contributed by atoms with van der Waals surface area (Å²) in [6, 6.07) is 0. The first kappa shape index (κ1) is 16.1. The third-order valence-electron chi connectivity index (χ3n) is 6.87. The molecule has 3 atom stereocenters.